The number of carbonyl (C=O) groups is 3. The van der Waals surface area contributed by atoms with Gasteiger partial charge in [-0.3, -0.25) is 19.3 Å². The van der Waals surface area contributed by atoms with Crippen LogP contribution in [0.15, 0.2) is 57.9 Å². The van der Waals surface area contributed by atoms with Crippen molar-refractivity contribution in [1.82, 2.24) is 4.90 Å². The second-order valence-electron chi connectivity index (χ2n) is 5.43. The summed E-state index contributed by atoms with van der Waals surface area (Å²) < 4.78 is 0.838. The average molecular weight is 427 g/mol. The number of amides is 2. The molecule has 5 nitrogen and oxygen atoms in total. The van der Waals surface area contributed by atoms with Crippen molar-refractivity contribution in [2.45, 2.75) is 0 Å². The third-order valence-corrected chi connectivity index (χ3v) is 5.12. The normalized spacial score (nSPS) is 15.4. The van der Waals surface area contributed by atoms with Gasteiger partial charge in [-0.1, -0.05) is 40.2 Å². The summed E-state index contributed by atoms with van der Waals surface area (Å²) in [5.41, 5.74) is 1.65. The highest BCUT2D eigenvalue weighted by molar-refractivity contribution is 9.10. The van der Waals surface area contributed by atoms with Gasteiger partial charge in [0.1, 0.15) is 0 Å². The summed E-state index contributed by atoms with van der Waals surface area (Å²) in [5.74, 6) is -0.797. The highest BCUT2D eigenvalue weighted by Crippen LogP contribution is 2.32. The lowest BCUT2D eigenvalue weighted by Crippen LogP contribution is -2.33. The number of thioether (sulfide) groups is 1. The van der Waals surface area contributed by atoms with Crippen molar-refractivity contribution in [2.24, 2.45) is 0 Å². The van der Waals surface area contributed by atoms with Crippen LogP contribution in [0.1, 0.15) is 21.5 Å². The number of ketones is 1. The molecule has 0 radical (unpaired) electrons. The fourth-order valence-electron chi connectivity index (χ4n) is 2.31. The Morgan fingerprint density at radius 2 is 1.77 bits per heavy atom. The van der Waals surface area contributed by atoms with E-state index in [0.717, 1.165) is 21.1 Å². The predicted molar refractivity (Wildman–Crippen MR) is 102 cm³/mol. The fourth-order valence-corrected chi connectivity index (χ4v) is 3.41. The Hall–Kier alpha value is -2.69. The van der Waals surface area contributed by atoms with Crippen LogP contribution in [0.4, 0.5) is 4.79 Å². The molecule has 1 saturated heterocycles. The maximum absolute atomic E-state index is 12.5. The highest BCUT2D eigenvalue weighted by atomic mass is 79.9. The van der Waals surface area contributed by atoms with Crippen LogP contribution in [0.2, 0.25) is 0 Å². The third kappa shape index (κ3) is 3.93. The van der Waals surface area contributed by atoms with Crippen LogP contribution in [-0.2, 0) is 4.79 Å². The first-order valence-corrected chi connectivity index (χ1v) is 9.13. The zero-order valence-corrected chi connectivity index (χ0v) is 15.7. The van der Waals surface area contributed by atoms with Crippen LogP contribution in [0, 0.1) is 11.3 Å². The van der Waals surface area contributed by atoms with E-state index in [1.54, 1.807) is 54.6 Å². The first kappa shape index (κ1) is 18.1. The molecule has 0 aliphatic carbocycles. The molecule has 2 aromatic carbocycles. The number of hydrogen-bond acceptors (Lipinski definition) is 5. The zero-order valence-electron chi connectivity index (χ0n) is 13.3. The molecule has 7 heteroatoms. The summed E-state index contributed by atoms with van der Waals surface area (Å²) in [6.07, 6.45) is 1.58. The van der Waals surface area contributed by atoms with Crippen LogP contribution in [0.3, 0.4) is 0 Å². The van der Waals surface area contributed by atoms with Crippen molar-refractivity contribution in [3.63, 3.8) is 0 Å². The van der Waals surface area contributed by atoms with Gasteiger partial charge in [0.25, 0.3) is 11.1 Å². The van der Waals surface area contributed by atoms with E-state index in [-0.39, 0.29) is 17.2 Å². The summed E-state index contributed by atoms with van der Waals surface area (Å²) in [7, 11) is 0. The molecule has 128 valence electrons. The summed E-state index contributed by atoms with van der Waals surface area (Å²) >= 11 is 4.09. The predicted octanol–water partition coefficient (Wildman–Crippen LogP) is 4.24. The molecule has 1 aliphatic heterocycles. The molecule has 0 spiro atoms. The molecule has 1 fully saturated rings. The van der Waals surface area contributed by atoms with E-state index >= 15 is 0 Å². The van der Waals surface area contributed by atoms with Gasteiger partial charge in [-0.25, -0.2) is 0 Å². The minimum atomic E-state index is -0.491. The van der Waals surface area contributed by atoms with Crippen LogP contribution in [0.5, 0.6) is 0 Å². The van der Waals surface area contributed by atoms with Gasteiger partial charge in [-0.15, -0.1) is 0 Å². The van der Waals surface area contributed by atoms with Crippen LogP contribution < -0.4 is 0 Å². The number of nitrogens with zero attached hydrogens (tertiary/aromatic N) is 2. The van der Waals surface area contributed by atoms with Crippen molar-refractivity contribution in [2.75, 3.05) is 6.54 Å². The Morgan fingerprint density at radius 3 is 2.38 bits per heavy atom. The van der Waals surface area contributed by atoms with Crippen LogP contribution >= 0.6 is 27.7 Å². The van der Waals surface area contributed by atoms with Crippen molar-refractivity contribution in [1.29, 1.82) is 5.26 Å². The molecule has 2 amide bonds. The standard InChI is InChI=1S/C19H11BrN2O3S/c20-15-7-5-14(6-8-15)16(23)11-22-18(24)17(26-19(22)25)9-12-1-3-13(10-21)4-2-12/h1-9H,11H2/b17-9+. The van der Waals surface area contributed by atoms with E-state index in [1.165, 1.54) is 0 Å². The number of halogens is 1. The number of benzene rings is 2. The minimum Gasteiger partial charge on any atom is -0.292 e. The largest absolute Gasteiger partial charge is 0.293 e. The molecule has 26 heavy (non-hydrogen) atoms. The molecular formula is C19H11BrN2O3S. The first-order valence-electron chi connectivity index (χ1n) is 7.52. The van der Waals surface area contributed by atoms with E-state index in [1.807, 2.05) is 6.07 Å². The average Bonchev–Trinajstić information content (AvgIpc) is 2.90. The Bertz CT molecular complexity index is 960. The molecule has 1 heterocycles. The fraction of sp³-hybridized carbons (Fsp3) is 0.0526. The van der Waals surface area contributed by atoms with Crippen LogP contribution in [-0.4, -0.2) is 28.4 Å². The number of Topliss-reactive ketones (excluding diaryl/α,β-unsaturated/α-hetero) is 1. The quantitative estimate of drug-likeness (QED) is 0.539. The summed E-state index contributed by atoms with van der Waals surface area (Å²) in [6.45, 7) is -0.295. The van der Waals surface area contributed by atoms with E-state index in [0.29, 0.717) is 16.7 Å². The van der Waals surface area contributed by atoms with Gasteiger partial charge in [-0.2, -0.15) is 5.26 Å². The number of imide groups is 1. The lowest BCUT2D eigenvalue weighted by atomic mass is 10.1. The van der Waals surface area contributed by atoms with E-state index < -0.39 is 11.1 Å². The molecule has 1 aliphatic rings. The van der Waals surface area contributed by atoms with Crippen molar-refractivity contribution >= 4 is 50.7 Å². The van der Waals surface area contributed by atoms with Gasteiger partial charge in [-0.05, 0) is 47.7 Å². The summed E-state index contributed by atoms with van der Waals surface area (Å²) in [4.78, 5) is 38.1. The molecule has 0 N–H and O–H groups in total. The zero-order chi connectivity index (χ0) is 18.7. The smallest absolute Gasteiger partial charge is 0.292 e. The Kier molecular flexibility index (Phi) is 5.35. The molecule has 0 aromatic heterocycles. The van der Waals surface area contributed by atoms with E-state index in [9.17, 15) is 14.4 Å². The Labute approximate surface area is 162 Å². The second-order valence-corrected chi connectivity index (χ2v) is 7.34. The molecule has 0 atom stereocenters. The molecule has 3 rings (SSSR count). The van der Waals surface area contributed by atoms with Gasteiger partial charge in [0.15, 0.2) is 5.78 Å². The number of rotatable bonds is 4. The van der Waals surface area contributed by atoms with Crippen molar-refractivity contribution in [3.8, 4) is 6.07 Å². The summed E-state index contributed by atoms with van der Waals surface area (Å²) in [5, 5.41) is 8.34. The van der Waals surface area contributed by atoms with Crippen LogP contribution in [0.25, 0.3) is 6.08 Å². The van der Waals surface area contributed by atoms with Gasteiger partial charge in [0.05, 0.1) is 23.1 Å². The maximum Gasteiger partial charge on any atom is 0.293 e. The van der Waals surface area contributed by atoms with Gasteiger partial charge in [0, 0.05) is 10.0 Å². The lowest BCUT2D eigenvalue weighted by Gasteiger charge is -2.11. The van der Waals surface area contributed by atoms with Crippen molar-refractivity contribution in [3.05, 3.63) is 74.6 Å². The molecule has 0 bridgehead atoms. The molecule has 0 unspecified atom stereocenters. The monoisotopic (exact) mass is 426 g/mol. The Balaban J connectivity index is 1.76. The molecular weight excluding hydrogens is 416 g/mol. The maximum atomic E-state index is 12.5. The number of carbonyl (C=O) groups excluding carboxylic acids is 3. The second kappa shape index (κ2) is 7.68. The molecule has 0 saturated carbocycles. The number of nitriles is 1. The van der Waals surface area contributed by atoms with E-state index in [2.05, 4.69) is 15.9 Å². The number of hydrogen-bond donors (Lipinski definition) is 0. The summed E-state index contributed by atoms with van der Waals surface area (Å²) in [6, 6.07) is 15.4. The third-order valence-electron chi connectivity index (χ3n) is 3.68. The topological polar surface area (TPSA) is 78.2 Å². The van der Waals surface area contributed by atoms with E-state index in [4.69, 9.17) is 5.26 Å². The lowest BCUT2D eigenvalue weighted by molar-refractivity contribution is -0.122. The Morgan fingerprint density at radius 1 is 1.12 bits per heavy atom. The van der Waals surface area contributed by atoms with Gasteiger partial charge >= 0.3 is 0 Å². The van der Waals surface area contributed by atoms with Gasteiger partial charge < -0.3 is 0 Å². The minimum absolute atomic E-state index is 0.253. The van der Waals surface area contributed by atoms with Gasteiger partial charge in [0.2, 0.25) is 0 Å². The SMILES string of the molecule is N#Cc1ccc(/C=C2/SC(=O)N(CC(=O)c3ccc(Br)cc3)C2=O)cc1. The molecule has 2 aromatic rings. The highest BCUT2D eigenvalue weighted by Gasteiger charge is 2.36. The van der Waals surface area contributed by atoms with Crippen molar-refractivity contribution < 1.29 is 14.4 Å². The first-order chi connectivity index (χ1) is 12.5.